The molecule has 6 nitrogen and oxygen atoms in total. The molecule has 1 heterocycles. The van der Waals surface area contributed by atoms with Crippen LogP contribution in [0.15, 0.2) is 40.2 Å². The lowest BCUT2D eigenvalue weighted by atomic mass is 10.2. The molecule has 0 bridgehead atoms. The van der Waals surface area contributed by atoms with Gasteiger partial charge in [-0.1, -0.05) is 28.1 Å². The van der Waals surface area contributed by atoms with Crippen LogP contribution in [0.4, 0.5) is 5.69 Å². The van der Waals surface area contributed by atoms with Crippen LogP contribution < -0.4 is 10.5 Å². The second-order valence-electron chi connectivity index (χ2n) is 3.58. The van der Waals surface area contributed by atoms with Crippen LogP contribution in [-0.4, -0.2) is 23.4 Å². The fourth-order valence-corrected chi connectivity index (χ4v) is 2.91. The van der Waals surface area contributed by atoms with Crippen LogP contribution in [0.5, 0.6) is 0 Å². The number of H-pyrrole nitrogens is 1. The summed E-state index contributed by atoms with van der Waals surface area (Å²) in [5.41, 5.74) is 6.32. The normalized spacial score (nSPS) is 11.2. The molecule has 2 rings (SSSR count). The van der Waals surface area contributed by atoms with E-state index in [2.05, 4.69) is 30.6 Å². The molecule has 2 aromatic rings. The first-order valence-electron chi connectivity index (χ1n) is 5.01. The zero-order valence-corrected chi connectivity index (χ0v) is 12.6. The lowest BCUT2D eigenvalue weighted by Gasteiger charge is -2.11. The van der Waals surface area contributed by atoms with E-state index in [1.165, 1.54) is 12.5 Å². The Labute approximate surface area is 123 Å². The molecule has 9 heteroatoms. The lowest BCUT2D eigenvalue weighted by molar-refractivity contribution is 0.598. The molecule has 19 heavy (non-hydrogen) atoms. The Bertz CT molecular complexity index is 713. The Morgan fingerprint density at radius 1 is 1.47 bits per heavy atom. The molecular weight excluding hydrogens is 352 g/mol. The number of aromatic amines is 1. The Hall–Kier alpha value is -1.45. The summed E-state index contributed by atoms with van der Waals surface area (Å²) in [4.78, 5) is 6.29. The van der Waals surface area contributed by atoms with Crippen molar-refractivity contribution in [3.8, 4) is 0 Å². The highest BCUT2D eigenvalue weighted by Gasteiger charge is 2.18. The zero-order valence-electron chi connectivity index (χ0n) is 9.42. The summed E-state index contributed by atoms with van der Waals surface area (Å²) in [6.07, 6.45) is 2.49. The Morgan fingerprint density at radius 2 is 2.21 bits per heavy atom. The van der Waals surface area contributed by atoms with Crippen molar-refractivity contribution in [1.82, 2.24) is 9.97 Å². The van der Waals surface area contributed by atoms with Crippen LogP contribution in [0.25, 0.3) is 0 Å². The van der Waals surface area contributed by atoms with Crippen LogP contribution in [-0.2, 0) is 10.0 Å². The number of hydrogen-bond acceptors (Lipinski definition) is 4. The van der Waals surface area contributed by atoms with E-state index < -0.39 is 10.0 Å². The highest BCUT2D eigenvalue weighted by atomic mass is 79.9. The summed E-state index contributed by atoms with van der Waals surface area (Å²) < 4.78 is 27.2. The molecule has 1 aromatic carbocycles. The minimum atomic E-state index is -3.74. The quantitative estimate of drug-likeness (QED) is 0.719. The van der Waals surface area contributed by atoms with E-state index in [0.717, 1.165) is 4.47 Å². The highest BCUT2D eigenvalue weighted by Crippen LogP contribution is 2.23. The Balaban J connectivity index is 2.42. The predicted molar refractivity (Wildman–Crippen MR) is 79.4 cm³/mol. The van der Waals surface area contributed by atoms with Gasteiger partial charge in [0.2, 0.25) is 0 Å². The van der Waals surface area contributed by atoms with Gasteiger partial charge in [0.05, 0.1) is 18.2 Å². The fourth-order valence-electron chi connectivity index (χ4n) is 1.40. The van der Waals surface area contributed by atoms with Crippen LogP contribution in [0, 0.1) is 0 Å². The maximum absolute atomic E-state index is 12.0. The summed E-state index contributed by atoms with van der Waals surface area (Å²) in [6, 6.07) is 4.91. The van der Waals surface area contributed by atoms with E-state index in [1.807, 2.05) is 0 Å². The van der Waals surface area contributed by atoms with Gasteiger partial charge in [-0.3, -0.25) is 4.72 Å². The SMILES string of the molecule is NC(=S)c1cc(Br)ccc1NS(=O)(=O)c1cnc[nH]1. The smallest absolute Gasteiger partial charge is 0.278 e. The molecule has 1 aromatic heterocycles. The maximum Gasteiger partial charge on any atom is 0.278 e. The van der Waals surface area contributed by atoms with Crippen LogP contribution in [0.1, 0.15) is 5.56 Å². The van der Waals surface area contributed by atoms with E-state index in [9.17, 15) is 8.42 Å². The van der Waals surface area contributed by atoms with E-state index in [0.29, 0.717) is 11.3 Å². The summed E-state index contributed by atoms with van der Waals surface area (Å²) >= 11 is 8.17. The number of nitrogens with two attached hydrogens (primary N) is 1. The van der Waals surface area contributed by atoms with Gasteiger partial charge in [-0.05, 0) is 18.2 Å². The molecule has 0 atom stereocenters. The standard InChI is InChI=1S/C10H9BrN4O2S2/c11-6-1-2-8(7(3-6)10(12)18)15-19(16,17)9-4-13-5-14-9/h1-5,15H,(H2,12,18)(H,13,14). The third-order valence-electron chi connectivity index (χ3n) is 2.25. The predicted octanol–water partition coefficient (Wildman–Crippen LogP) is 1.61. The van der Waals surface area contributed by atoms with Crippen molar-refractivity contribution >= 4 is 48.8 Å². The summed E-state index contributed by atoms with van der Waals surface area (Å²) in [6.45, 7) is 0. The molecule has 0 aliphatic heterocycles. The maximum atomic E-state index is 12.0. The monoisotopic (exact) mass is 360 g/mol. The number of imidazole rings is 1. The van der Waals surface area contributed by atoms with Gasteiger partial charge in [0.15, 0.2) is 5.03 Å². The third kappa shape index (κ3) is 3.11. The number of rotatable bonds is 4. The van der Waals surface area contributed by atoms with Crippen molar-refractivity contribution < 1.29 is 8.42 Å². The van der Waals surface area contributed by atoms with Gasteiger partial charge in [0, 0.05) is 10.0 Å². The van der Waals surface area contributed by atoms with Gasteiger partial charge in [-0.2, -0.15) is 8.42 Å². The molecule has 0 amide bonds. The largest absolute Gasteiger partial charge is 0.389 e. The van der Waals surface area contributed by atoms with Crippen LogP contribution in [0.2, 0.25) is 0 Å². The molecule has 0 unspecified atom stereocenters. The van der Waals surface area contributed by atoms with Crippen molar-refractivity contribution in [3.05, 3.63) is 40.8 Å². The number of sulfonamides is 1. The zero-order chi connectivity index (χ0) is 14.0. The number of halogens is 1. The Kier molecular flexibility index (Phi) is 3.88. The average molecular weight is 361 g/mol. The molecule has 0 saturated carbocycles. The molecule has 100 valence electrons. The summed E-state index contributed by atoms with van der Waals surface area (Å²) in [7, 11) is -3.74. The number of aromatic nitrogens is 2. The van der Waals surface area contributed by atoms with Gasteiger partial charge >= 0.3 is 0 Å². The number of benzene rings is 1. The third-order valence-corrected chi connectivity index (χ3v) is 4.26. The minimum Gasteiger partial charge on any atom is -0.389 e. The highest BCUT2D eigenvalue weighted by molar-refractivity contribution is 9.10. The number of nitrogens with zero attached hydrogens (tertiary/aromatic N) is 1. The molecule has 0 radical (unpaired) electrons. The number of thiocarbonyl (C=S) groups is 1. The molecule has 0 aliphatic rings. The second kappa shape index (κ2) is 5.27. The van der Waals surface area contributed by atoms with E-state index in [4.69, 9.17) is 18.0 Å². The van der Waals surface area contributed by atoms with Crippen molar-refractivity contribution in [2.75, 3.05) is 4.72 Å². The first-order valence-corrected chi connectivity index (χ1v) is 7.69. The minimum absolute atomic E-state index is 0.0377. The van der Waals surface area contributed by atoms with E-state index >= 15 is 0 Å². The van der Waals surface area contributed by atoms with Crippen LogP contribution in [0.3, 0.4) is 0 Å². The lowest BCUT2D eigenvalue weighted by Crippen LogP contribution is -2.18. The van der Waals surface area contributed by atoms with Crippen molar-refractivity contribution in [2.24, 2.45) is 5.73 Å². The number of hydrogen-bond donors (Lipinski definition) is 3. The van der Waals surface area contributed by atoms with E-state index in [1.54, 1.807) is 18.2 Å². The second-order valence-corrected chi connectivity index (χ2v) is 6.58. The fraction of sp³-hybridized carbons (Fsp3) is 0. The van der Waals surface area contributed by atoms with Gasteiger partial charge in [0.25, 0.3) is 10.0 Å². The van der Waals surface area contributed by atoms with Gasteiger partial charge in [-0.15, -0.1) is 0 Å². The first-order chi connectivity index (χ1) is 8.90. The van der Waals surface area contributed by atoms with Gasteiger partial charge in [0.1, 0.15) is 4.99 Å². The van der Waals surface area contributed by atoms with Gasteiger partial charge < -0.3 is 10.7 Å². The Morgan fingerprint density at radius 3 is 2.79 bits per heavy atom. The number of nitrogens with one attached hydrogen (secondary N) is 2. The average Bonchev–Trinajstić information content (AvgIpc) is 2.85. The molecule has 0 spiro atoms. The van der Waals surface area contributed by atoms with Crippen molar-refractivity contribution in [1.29, 1.82) is 0 Å². The summed E-state index contributed by atoms with van der Waals surface area (Å²) in [5, 5.41) is -0.0377. The van der Waals surface area contributed by atoms with Gasteiger partial charge in [-0.25, -0.2) is 4.98 Å². The topological polar surface area (TPSA) is 101 Å². The molecule has 0 saturated heterocycles. The molecule has 4 N–H and O–H groups in total. The first kappa shape index (κ1) is 14.0. The molecule has 0 aliphatic carbocycles. The van der Waals surface area contributed by atoms with E-state index in [-0.39, 0.29) is 10.0 Å². The molecule has 0 fully saturated rings. The van der Waals surface area contributed by atoms with Crippen LogP contribution >= 0.6 is 28.1 Å². The molecular formula is C10H9BrN4O2S2. The summed E-state index contributed by atoms with van der Waals surface area (Å²) in [5.74, 6) is 0. The van der Waals surface area contributed by atoms with Crippen molar-refractivity contribution in [3.63, 3.8) is 0 Å². The number of anilines is 1. The van der Waals surface area contributed by atoms with Crippen molar-refractivity contribution in [2.45, 2.75) is 5.03 Å².